The van der Waals surface area contributed by atoms with E-state index < -0.39 is 12.3 Å². The number of rotatable bonds is 4. The highest BCUT2D eigenvalue weighted by molar-refractivity contribution is 5.68. The first kappa shape index (κ1) is 19.2. The Labute approximate surface area is 152 Å². The van der Waals surface area contributed by atoms with Crippen molar-refractivity contribution in [2.75, 3.05) is 12.0 Å². The fourth-order valence-corrected chi connectivity index (χ4v) is 2.29. The van der Waals surface area contributed by atoms with Crippen LogP contribution in [0.1, 0.15) is 27.7 Å². The van der Waals surface area contributed by atoms with Gasteiger partial charge >= 0.3 is 12.3 Å². The predicted molar refractivity (Wildman–Crippen MR) is 93.6 cm³/mol. The zero-order chi connectivity index (χ0) is 19.3. The predicted octanol–water partition coefficient (Wildman–Crippen LogP) is 3.82. The molecule has 0 radical (unpaired) electrons. The molecule has 1 aromatic rings. The zero-order valence-electron chi connectivity index (χ0n) is 15.4. The largest absolute Gasteiger partial charge is 0.515 e. The van der Waals surface area contributed by atoms with E-state index in [1.54, 1.807) is 39.8 Å². The van der Waals surface area contributed by atoms with Gasteiger partial charge in [-0.1, -0.05) is 18.2 Å². The molecule has 8 nitrogen and oxygen atoms in total. The lowest BCUT2D eigenvalue weighted by atomic mass is 10.2. The summed E-state index contributed by atoms with van der Waals surface area (Å²) in [5.74, 6) is 0.257. The molecule has 0 aliphatic carbocycles. The molecule has 0 aromatic heterocycles. The van der Waals surface area contributed by atoms with Crippen molar-refractivity contribution in [2.24, 2.45) is 0 Å². The quantitative estimate of drug-likeness (QED) is 0.809. The van der Waals surface area contributed by atoms with Crippen LogP contribution >= 0.6 is 0 Å². The maximum absolute atomic E-state index is 12.0. The third kappa shape index (κ3) is 4.47. The van der Waals surface area contributed by atoms with Crippen LogP contribution in [0.4, 0.5) is 15.3 Å². The van der Waals surface area contributed by atoms with Gasteiger partial charge in [0.1, 0.15) is 0 Å². The maximum Gasteiger partial charge on any atom is 0.515 e. The average molecular weight is 362 g/mol. The Morgan fingerprint density at radius 2 is 1.50 bits per heavy atom. The van der Waals surface area contributed by atoms with E-state index >= 15 is 0 Å². The molecule has 0 bridgehead atoms. The normalized spacial score (nSPS) is 14.2. The van der Waals surface area contributed by atoms with Gasteiger partial charge in [0.25, 0.3) is 0 Å². The van der Waals surface area contributed by atoms with Crippen LogP contribution in [-0.2, 0) is 18.9 Å². The van der Waals surface area contributed by atoms with Gasteiger partial charge in [0.2, 0.25) is 11.8 Å². The number of methoxy groups -OCH3 is 1. The van der Waals surface area contributed by atoms with Crippen molar-refractivity contribution in [3.63, 3.8) is 0 Å². The Balaban J connectivity index is 2.45. The van der Waals surface area contributed by atoms with Crippen LogP contribution in [0.5, 0.6) is 0 Å². The Kier molecular flexibility index (Phi) is 6.11. The van der Waals surface area contributed by atoms with Crippen LogP contribution in [0, 0.1) is 0 Å². The topological polar surface area (TPSA) is 86.3 Å². The van der Waals surface area contributed by atoms with Gasteiger partial charge in [-0.05, 0) is 39.8 Å². The number of carbonyl (C=O) groups excluding carboxylic acids is 2. The summed E-state index contributed by atoms with van der Waals surface area (Å²) < 4.78 is 20.3. The van der Waals surface area contributed by atoms with Crippen LogP contribution in [0.2, 0.25) is 0 Å². The summed E-state index contributed by atoms with van der Waals surface area (Å²) in [6, 6.07) is 9.02. The van der Waals surface area contributed by atoms with E-state index in [4.69, 9.17) is 14.2 Å². The van der Waals surface area contributed by atoms with Crippen LogP contribution in [0.25, 0.3) is 0 Å². The molecule has 0 saturated heterocycles. The number of allylic oxidation sites excluding steroid dienone is 2. The molecule has 8 heteroatoms. The van der Waals surface area contributed by atoms with Crippen LogP contribution in [0.3, 0.4) is 0 Å². The first-order valence-electron chi connectivity index (χ1n) is 8.01. The summed E-state index contributed by atoms with van der Waals surface area (Å²) in [4.78, 5) is 25.2. The van der Waals surface area contributed by atoms with Crippen LogP contribution in [0.15, 0.2) is 53.5 Å². The SMILES string of the molecule is COC(=O)OC1=C(C)NC(C)=C(OC(=O)OC(C)C)N1c1ccccc1. The standard InChI is InChI=1S/C18H22N2O6/c1-11(2)24-18(22)26-16-13(4)19-12(3)15(25-17(21)23-5)20(16)14-9-7-6-8-10-14/h6-11,19H,1-5H3. The highest BCUT2D eigenvalue weighted by Gasteiger charge is 2.32. The zero-order valence-corrected chi connectivity index (χ0v) is 15.4. The van der Waals surface area contributed by atoms with Gasteiger partial charge in [0.15, 0.2) is 0 Å². The lowest BCUT2D eigenvalue weighted by Crippen LogP contribution is -2.37. The first-order chi connectivity index (χ1) is 12.3. The molecular weight excluding hydrogens is 340 g/mol. The molecule has 0 atom stereocenters. The number of para-hydroxylation sites is 1. The van der Waals surface area contributed by atoms with Crippen molar-refractivity contribution in [3.8, 4) is 0 Å². The minimum absolute atomic E-state index is 0.126. The summed E-state index contributed by atoms with van der Waals surface area (Å²) in [6.45, 7) is 6.88. The molecule has 1 N–H and O–H groups in total. The van der Waals surface area contributed by atoms with E-state index in [1.807, 2.05) is 18.2 Å². The second-order valence-corrected chi connectivity index (χ2v) is 5.73. The Bertz CT molecular complexity index is 739. The van der Waals surface area contributed by atoms with Crippen molar-refractivity contribution >= 4 is 18.0 Å². The number of carbonyl (C=O) groups is 2. The fraction of sp³-hybridized carbons (Fsp3) is 0.333. The third-order valence-electron chi connectivity index (χ3n) is 3.30. The van der Waals surface area contributed by atoms with Gasteiger partial charge in [-0.2, -0.15) is 0 Å². The summed E-state index contributed by atoms with van der Waals surface area (Å²) in [6.07, 6.45) is -2.10. The highest BCUT2D eigenvalue weighted by atomic mass is 16.7. The molecular formula is C18H22N2O6. The van der Waals surface area contributed by atoms with Gasteiger partial charge in [-0.15, -0.1) is 0 Å². The van der Waals surface area contributed by atoms with Crippen molar-refractivity contribution in [1.82, 2.24) is 5.32 Å². The van der Waals surface area contributed by atoms with Gasteiger partial charge < -0.3 is 24.3 Å². The molecule has 0 unspecified atom stereocenters. The number of hydrogen-bond acceptors (Lipinski definition) is 8. The van der Waals surface area contributed by atoms with Crippen LogP contribution < -0.4 is 10.2 Å². The molecule has 0 saturated carbocycles. The molecule has 2 rings (SSSR count). The van der Waals surface area contributed by atoms with Crippen molar-refractivity contribution in [3.05, 3.63) is 53.5 Å². The number of hydrogen-bond donors (Lipinski definition) is 1. The molecule has 1 aliphatic heterocycles. The molecule has 1 aliphatic rings. The van der Waals surface area contributed by atoms with E-state index in [2.05, 4.69) is 10.1 Å². The van der Waals surface area contributed by atoms with E-state index in [0.717, 1.165) is 0 Å². The molecule has 1 heterocycles. The number of ether oxygens (including phenoxy) is 4. The minimum Gasteiger partial charge on any atom is -0.437 e. The number of nitrogens with one attached hydrogen (secondary N) is 1. The van der Waals surface area contributed by atoms with E-state index in [0.29, 0.717) is 17.1 Å². The minimum atomic E-state index is -0.897. The number of benzene rings is 1. The smallest absolute Gasteiger partial charge is 0.437 e. The monoisotopic (exact) mass is 362 g/mol. The van der Waals surface area contributed by atoms with Crippen molar-refractivity contribution in [1.29, 1.82) is 0 Å². The van der Waals surface area contributed by atoms with E-state index in [-0.39, 0.29) is 17.9 Å². The third-order valence-corrected chi connectivity index (χ3v) is 3.30. The first-order valence-corrected chi connectivity index (χ1v) is 8.01. The second kappa shape index (κ2) is 8.28. The second-order valence-electron chi connectivity index (χ2n) is 5.73. The maximum atomic E-state index is 12.0. The molecule has 0 amide bonds. The Morgan fingerprint density at radius 3 is 2.00 bits per heavy atom. The van der Waals surface area contributed by atoms with Gasteiger partial charge in [-0.25, -0.2) is 14.5 Å². The Morgan fingerprint density at radius 1 is 0.962 bits per heavy atom. The summed E-state index contributed by atoms with van der Waals surface area (Å²) in [7, 11) is 1.21. The molecule has 0 spiro atoms. The molecule has 1 aromatic carbocycles. The lowest BCUT2D eigenvalue weighted by Gasteiger charge is -2.33. The van der Waals surface area contributed by atoms with Gasteiger partial charge in [-0.3, -0.25) is 0 Å². The molecule has 26 heavy (non-hydrogen) atoms. The average Bonchev–Trinajstić information content (AvgIpc) is 2.59. The molecule has 140 valence electrons. The number of nitrogens with zero attached hydrogens (tertiary/aromatic N) is 1. The number of anilines is 1. The van der Waals surface area contributed by atoms with Crippen molar-refractivity contribution in [2.45, 2.75) is 33.8 Å². The van der Waals surface area contributed by atoms with E-state index in [9.17, 15) is 9.59 Å². The lowest BCUT2D eigenvalue weighted by molar-refractivity contribution is 0.0494. The molecule has 0 fully saturated rings. The van der Waals surface area contributed by atoms with Gasteiger partial charge in [0.05, 0.1) is 30.3 Å². The summed E-state index contributed by atoms with van der Waals surface area (Å²) >= 11 is 0. The fourth-order valence-electron chi connectivity index (χ4n) is 2.29. The summed E-state index contributed by atoms with van der Waals surface area (Å²) in [5.41, 5.74) is 1.71. The highest BCUT2D eigenvalue weighted by Crippen LogP contribution is 2.32. The Hall–Kier alpha value is -3.16. The summed E-state index contributed by atoms with van der Waals surface area (Å²) in [5, 5.41) is 3.02. The van der Waals surface area contributed by atoms with Crippen LogP contribution in [-0.4, -0.2) is 25.5 Å². The van der Waals surface area contributed by atoms with E-state index in [1.165, 1.54) is 12.0 Å². The van der Waals surface area contributed by atoms with Crippen molar-refractivity contribution < 1.29 is 28.5 Å². The van der Waals surface area contributed by atoms with Gasteiger partial charge in [0, 0.05) is 0 Å².